The molecule has 0 bridgehead atoms. The molecule has 1 fully saturated rings. The van der Waals surface area contributed by atoms with Crippen molar-refractivity contribution in [3.63, 3.8) is 0 Å². The van der Waals surface area contributed by atoms with Gasteiger partial charge in [-0.1, -0.05) is 42.9 Å². The third kappa shape index (κ3) is 6.33. The van der Waals surface area contributed by atoms with Crippen molar-refractivity contribution in [1.29, 1.82) is 0 Å². The summed E-state index contributed by atoms with van der Waals surface area (Å²) >= 11 is 7.45. The van der Waals surface area contributed by atoms with Gasteiger partial charge in [0.2, 0.25) is 0 Å². The molecule has 43 heavy (non-hydrogen) atoms. The molecule has 0 saturated carbocycles. The van der Waals surface area contributed by atoms with Crippen LogP contribution < -0.4 is 19.1 Å². The molecule has 3 aromatic carbocycles. The van der Waals surface area contributed by atoms with E-state index in [9.17, 15) is 14.7 Å². The highest BCUT2D eigenvalue weighted by Crippen LogP contribution is 2.46. The van der Waals surface area contributed by atoms with E-state index < -0.39 is 17.7 Å². The summed E-state index contributed by atoms with van der Waals surface area (Å²) in [5.41, 5.74) is 1.52. The van der Waals surface area contributed by atoms with E-state index >= 15 is 0 Å². The molecule has 1 atom stereocenters. The molecule has 5 rings (SSSR count). The summed E-state index contributed by atoms with van der Waals surface area (Å²) in [6, 6.07) is 16.3. The number of halogens is 1. The minimum atomic E-state index is -0.980. The van der Waals surface area contributed by atoms with E-state index in [1.165, 1.54) is 16.2 Å². The fraction of sp³-hybridized carbons (Fsp3) is 0.303. The molecule has 1 unspecified atom stereocenters. The van der Waals surface area contributed by atoms with Crippen molar-refractivity contribution in [1.82, 2.24) is 4.98 Å². The highest BCUT2D eigenvalue weighted by Gasteiger charge is 2.48. The first-order valence-electron chi connectivity index (χ1n) is 14.2. The van der Waals surface area contributed by atoms with Crippen molar-refractivity contribution in [2.24, 2.45) is 5.92 Å². The number of carbonyl (C=O) groups excluding carboxylic acids is 2. The van der Waals surface area contributed by atoms with Crippen LogP contribution in [0.15, 0.2) is 66.2 Å². The van der Waals surface area contributed by atoms with Gasteiger partial charge in [-0.15, -0.1) is 0 Å². The number of amides is 1. The van der Waals surface area contributed by atoms with Gasteiger partial charge >= 0.3 is 5.91 Å². The second kappa shape index (κ2) is 13.1. The van der Waals surface area contributed by atoms with E-state index in [4.69, 9.17) is 25.8 Å². The lowest BCUT2D eigenvalue weighted by molar-refractivity contribution is -0.132. The maximum absolute atomic E-state index is 13.7. The number of thiazole rings is 1. The SMILES string of the molecule is CCOc1ccc(/C(O)=C2\C(=O)C(=O)N(c3nc4ccc(Cl)cc4s3)C2c2ccc(OCCC(C)C)c(OCC)c2)cc1. The van der Waals surface area contributed by atoms with Crippen LogP contribution in [0.3, 0.4) is 0 Å². The Morgan fingerprint density at radius 3 is 2.42 bits per heavy atom. The number of aromatic nitrogens is 1. The van der Waals surface area contributed by atoms with Gasteiger partial charge in [-0.2, -0.15) is 0 Å². The van der Waals surface area contributed by atoms with E-state index in [1.807, 2.05) is 13.8 Å². The quantitative estimate of drug-likeness (QED) is 0.104. The number of nitrogens with zero attached hydrogens (tertiary/aromatic N) is 2. The van der Waals surface area contributed by atoms with Crippen LogP contribution in [0, 0.1) is 5.92 Å². The Morgan fingerprint density at radius 2 is 1.72 bits per heavy atom. The standard InChI is InChI=1S/C33H33ClN2O6S/c1-5-40-23-11-7-20(8-12-23)30(37)28-29(21-9-14-25(26(17-21)41-6-2)42-16-15-19(3)4)36(32(39)31(28)38)33-35-24-13-10-22(34)18-27(24)43-33/h7-14,17-19,29,37H,5-6,15-16H2,1-4H3/b30-28+. The van der Waals surface area contributed by atoms with Crippen molar-refractivity contribution in [3.8, 4) is 17.2 Å². The topological polar surface area (TPSA) is 98.2 Å². The van der Waals surface area contributed by atoms with Crippen LogP contribution in [0.4, 0.5) is 5.13 Å². The van der Waals surface area contributed by atoms with Crippen LogP contribution in [0.2, 0.25) is 5.02 Å². The normalized spacial score (nSPS) is 16.3. The Kier molecular flexibility index (Phi) is 9.22. The number of ether oxygens (including phenoxy) is 3. The number of rotatable bonds is 11. The van der Waals surface area contributed by atoms with Crippen molar-refractivity contribution < 1.29 is 28.9 Å². The lowest BCUT2D eigenvalue weighted by Gasteiger charge is -2.24. The van der Waals surface area contributed by atoms with Crippen LogP contribution in [-0.4, -0.2) is 41.6 Å². The lowest BCUT2D eigenvalue weighted by Crippen LogP contribution is -2.29. The molecule has 4 aromatic rings. The Bertz CT molecular complexity index is 1680. The molecule has 1 saturated heterocycles. The number of ketones is 1. The second-order valence-corrected chi connectivity index (χ2v) is 11.9. The van der Waals surface area contributed by atoms with Crippen LogP contribution in [-0.2, 0) is 9.59 Å². The summed E-state index contributed by atoms with van der Waals surface area (Å²) in [6.45, 7) is 9.38. The van der Waals surface area contributed by atoms with E-state index in [1.54, 1.807) is 60.7 Å². The molecular weight excluding hydrogens is 588 g/mol. The largest absolute Gasteiger partial charge is 0.507 e. The fourth-order valence-electron chi connectivity index (χ4n) is 4.85. The third-order valence-corrected chi connectivity index (χ3v) is 8.22. The van der Waals surface area contributed by atoms with Crippen LogP contribution in [0.1, 0.15) is 51.3 Å². The molecule has 1 aliphatic heterocycles. The fourth-order valence-corrected chi connectivity index (χ4v) is 6.12. The molecule has 8 nitrogen and oxygen atoms in total. The number of carbonyl (C=O) groups is 2. The van der Waals surface area contributed by atoms with Gasteiger partial charge in [-0.05, 0) is 86.3 Å². The van der Waals surface area contributed by atoms with E-state index in [0.717, 1.165) is 11.1 Å². The van der Waals surface area contributed by atoms with Gasteiger partial charge in [0, 0.05) is 10.6 Å². The van der Waals surface area contributed by atoms with E-state index in [-0.39, 0.29) is 11.3 Å². The van der Waals surface area contributed by atoms with Crippen molar-refractivity contribution >= 4 is 55.7 Å². The first-order chi connectivity index (χ1) is 20.7. The number of benzene rings is 3. The lowest BCUT2D eigenvalue weighted by atomic mass is 9.95. The first kappa shape index (κ1) is 30.4. The molecule has 0 aliphatic carbocycles. The predicted molar refractivity (Wildman–Crippen MR) is 170 cm³/mol. The number of hydrogen-bond donors (Lipinski definition) is 1. The number of hydrogen-bond acceptors (Lipinski definition) is 8. The number of fused-ring (bicyclic) bond motifs is 1. The van der Waals surface area contributed by atoms with Gasteiger partial charge in [0.25, 0.3) is 5.78 Å². The zero-order chi connectivity index (χ0) is 30.7. The van der Waals surface area contributed by atoms with Crippen molar-refractivity contribution in [2.75, 3.05) is 24.7 Å². The maximum Gasteiger partial charge on any atom is 0.301 e. The minimum absolute atomic E-state index is 0.0534. The summed E-state index contributed by atoms with van der Waals surface area (Å²) in [4.78, 5) is 33.4. The molecule has 10 heteroatoms. The zero-order valence-corrected chi connectivity index (χ0v) is 26.0. The van der Waals surface area contributed by atoms with Gasteiger partial charge in [-0.25, -0.2) is 4.98 Å². The Morgan fingerprint density at radius 1 is 0.977 bits per heavy atom. The molecule has 224 valence electrons. The molecular formula is C33H33ClN2O6S. The molecule has 0 radical (unpaired) electrons. The Balaban J connectivity index is 1.65. The summed E-state index contributed by atoms with van der Waals surface area (Å²) in [5, 5.41) is 12.4. The molecule has 1 aromatic heterocycles. The Hall–Kier alpha value is -4.08. The molecule has 1 aliphatic rings. The third-order valence-electron chi connectivity index (χ3n) is 6.96. The average Bonchev–Trinajstić information content (AvgIpc) is 3.51. The summed E-state index contributed by atoms with van der Waals surface area (Å²) < 4.78 is 18.3. The Labute approximate surface area is 259 Å². The van der Waals surface area contributed by atoms with Gasteiger partial charge < -0.3 is 19.3 Å². The van der Waals surface area contributed by atoms with Crippen LogP contribution >= 0.6 is 22.9 Å². The molecule has 0 spiro atoms. The summed E-state index contributed by atoms with van der Waals surface area (Å²) in [7, 11) is 0. The van der Waals surface area contributed by atoms with Gasteiger partial charge in [-0.3, -0.25) is 14.5 Å². The van der Waals surface area contributed by atoms with Crippen molar-refractivity contribution in [3.05, 3.63) is 82.4 Å². The monoisotopic (exact) mass is 620 g/mol. The second-order valence-electron chi connectivity index (χ2n) is 10.4. The smallest absolute Gasteiger partial charge is 0.301 e. The number of Topliss-reactive ketones (excluding diaryl/α,β-unsaturated/α-hetero) is 1. The average molecular weight is 621 g/mol. The maximum atomic E-state index is 13.7. The molecule has 1 N–H and O–H groups in total. The van der Waals surface area contributed by atoms with Gasteiger partial charge in [0.1, 0.15) is 11.5 Å². The zero-order valence-electron chi connectivity index (χ0n) is 24.4. The predicted octanol–water partition coefficient (Wildman–Crippen LogP) is 7.80. The highest BCUT2D eigenvalue weighted by atomic mass is 35.5. The summed E-state index contributed by atoms with van der Waals surface area (Å²) in [6.07, 6.45) is 0.872. The van der Waals surface area contributed by atoms with Crippen LogP contribution in [0.5, 0.6) is 17.2 Å². The molecule has 1 amide bonds. The number of aliphatic hydroxyl groups excluding tert-OH is 1. The number of anilines is 1. The molecule has 2 heterocycles. The first-order valence-corrected chi connectivity index (χ1v) is 15.4. The van der Waals surface area contributed by atoms with E-state index in [2.05, 4.69) is 18.8 Å². The minimum Gasteiger partial charge on any atom is -0.507 e. The van der Waals surface area contributed by atoms with Gasteiger partial charge in [0.05, 0.1) is 41.7 Å². The summed E-state index contributed by atoms with van der Waals surface area (Å²) in [5.74, 6) is 0.227. The number of aliphatic hydroxyl groups is 1. The van der Waals surface area contributed by atoms with Gasteiger partial charge in [0.15, 0.2) is 16.6 Å². The van der Waals surface area contributed by atoms with Crippen LogP contribution in [0.25, 0.3) is 16.0 Å². The van der Waals surface area contributed by atoms with Crippen molar-refractivity contribution in [2.45, 2.75) is 40.2 Å². The van der Waals surface area contributed by atoms with E-state index in [0.29, 0.717) is 69.8 Å². The highest BCUT2D eigenvalue weighted by molar-refractivity contribution is 7.22.